The van der Waals surface area contributed by atoms with Crippen LogP contribution in [-0.2, 0) is 9.53 Å². The fourth-order valence-corrected chi connectivity index (χ4v) is 2.05. The lowest BCUT2D eigenvalue weighted by Crippen LogP contribution is -2.49. The Bertz CT molecular complexity index is 265. The van der Waals surface area contributed by atoms with Crippen LogP contribution in [-0.4, -0.2) is 49.5 Å². The maximum Gasteiger partial charge on any atom is 0.250 e. The van der Waals surface area contributed by atoms with E-state index in [1.165, 1.54) is 0 Å². The van der Waals surface area contributed by atoms with Crippen LogP contribution in [0, 0.1) is 11.8 Å². The molecule has 0 aromatic rings. The van der Waals surface area contributed by atoms with E-state index in [0.717, 1.165) is 32.6 Å². The van der Waals surface area contributed by atoms with Gasteiger partial charge in [-0.1, -0.05) is 13.8 Å². The van der Waals surface area contributed by atoms with E-state index in [1.54, 1.807) is 0 Å². The van der Waals surface area contributed by atoms with Gasteiger partial charge in [-0.25, -0.2) is 0 Å². The molecule has 0 spiro atoms. The highest BCUT2D eigenvalue weighted by Crippen LogP contribution is 2.13. The minimum Gasteiger partial charge on any atom is -0.382 e. The second-order valence-electron chi connectivity index (χ2n) is 5.84. The lowest BCUT2D eigenvalue weighted by atomic mass is 9.99. The van der Waals surface area contributed by atoms with Gasteiger partial charge >= 0.3 is 0 Å². The monoisotopic (exact) mass is 272 g/mol. The SMILES string of the molecule is CC(C)CNC(=O)C(O)C(C)NCC1CCOCC1. The van der Waals surface area contributed by atoms with Crippen LogP contribution in [0.25, 0.3) is 0 Å². The fourth-order valence-electron chi connectivity index (χ4n) is 2.05. The topological polar surface area (TPSA) is 70.6 Å². The normalized spacial score (nSPS) is 20.3. The summed E-state index contributed by atoms with van der Waals surface area (Å²) in [5.41, 5.74) is 0. The van der Waals surface area contributed by atoms with Gasteiger partial charge in [0.1, 0.15) is 6.10 Å². The number of carbonyl (C=O) groups is 1. The van der Waals surface area contributed by atoms with Gasteiger partial charge in [0.2, 0.25) is 5.91 Å². The van der Waals surface area contributed by atoms with E-state index >= 15 is 0 Å². The molecule has 0 radical (unpaired) electrons. The van der Waals surface area contributed by atoms with Gasteiger partial charge in [-0.15, -0.1) is 0 Å². The van der Waals surface area contributed by atoms with Gasteiger partial charge in [-0.3, -0.25) is 4.79 Å². The quantitative estimate of drug-likeness (QED) is 0.632. The van der Waals surface area contributed by atoms with E-state index in [1.807, 2.05) is 20.8 Å². The third kappa shape index (κ3) is 6.36. The number of nitrogens with one attached hydrogen (secondary N) is 2. The molecule has 5 heteroatoms. The molecule has 1 rings (SSSR count). The second kappa shape index (κ2) is 8.51. The van der Waals surface area contributed by atoms with Crippen LogP contribution >= 0.6 is 0 Å². The highest BCUT2D eigenvalue weighted by atomic mass is 16.5. The molecule has 1 amide bonds. The molecule has 1 heterocycles. The Morgan fingerprint density at radius 1 is 1.32 bits per heavy atom. The number of carbonyl (C=O) groups excluding carboxylic acids is 1. The maximum absolute atomic E-state index is 11.7. The van der Waals surface area contributed by atoms with Crippen molar-refractivity contribution in [3.05, 3.63) is 0 Å². The predicted octanol–water partition coefficient (Wildman–Crippen LogP) is 0.524. The Morgan fingerprint density at radius 2 is 1.95 bits per heavy atom. The molecule has 0 aliphatic carbocycles. The lowest BCUT2D eigenvalue weighted by molar-refractivity contribution is -0.130. The first-order valence-electron chi connectivity index (χ1n) is 7.27. The molecule has 2 unspecified atom stereocenters. The summed E-state index contributed by atoms with van der Waals surface area (Å²) in [6.45, 7) is 8.97. The molecule has 3 N–H and O–H groups in total. The van der Waals surface area contributed by atoms with Crippen LogP contribution in [0.4, 0.5) is 0 Å². The van der Waals surface area contributed by atoms with Crippen LogP contribution < -0.4 is 10.6 Å². The van der Waals surface area contributed by atoms with Gasteiger partial charge in [-0.05, 0) is 38.1 Å². The van der Waals surface area contributed by atoms with Crippen LogP contribution in [0.5, 0.6) is 0 Å². The van der Waals surface area contributed by atoms with Crippen LogP contribution in [0.15, 0.2) is 0 Å². The molecule has 1 aliphatic rings. The van der Waals surface area contributed by atoms with Crippen molar-refractivity contribution in [1.82, 2.24) is 10.6 Å². The van der Waals surface area contributed by atoms with Crippen LogP contribution in [0.1, 0.15) is 33.6 Å². The third-order valence-corrected chi connectivity index (χ3v) is 3.50. The van der Waals surface area contributed by atoms with Gasteiger partial charge in [0.15, 0.2) is 0 Å². The Morgan fingerprint density at radius 3 is 2.53 bits per heavy atom. The Balaban J connectivity index is 2.22. The molecule has 1 fully saturated rings. The first-order valence-corrected chi connectivity index (χ1v) is 7.27. The molecule has 112 valence electrons. The Labute approximate surface area is 116 Å². The van der Waals surface area contributed by atoms with Crippen molar-refractivity contribution in [3.63, 3.8) is 0 Å². The van der Waals surface area contributed by atoms with E-state index in [2.05, 4.69) is 10.6 Å². The van der Waals surface area contributed by atoms with Gasteiger partial charge in [0, 0.05) is 25.8 Å². The summed E-state index contributed by atoms with van der Waals surface area (Å²) in [5.74, 6) is 0.685. The number of hydrogen-bond donors (Lipinski definition) is 3. The number of aliphatic hydroxyl groups is 1. The fraction of sp³-hybridized carbons (Fsp3) is 0.929. The molecule has 2 atom stereocenters. The van der Waals surface area contributed by atoms with Crippen LogP contribution in [0.3, 0.4) is 0 Å². The van der Waals surface area contributed by atoms with Crippen molar-refractivity contribution >= 4 is 5.91 Å². The molecule has 1 aliphatic heterocycles. The van der Waals surface area contributed by atoms with E-state index in [-0.39, 0.29) is 11.9 Å². The van der Waals surface area contributed by atoms with Crippen molar-refractivity contribution in [2.75, 3.05) is 26.3 Å². The first-order chi connectivity index (χ1) is 9.00. The highest BCUT2D eigenvalue weighted by Gasteiger charge is 2.23. The molecule has 5 nitrogen and oxygen atoms in total. The molecule has 19 heavy (non-hydrogen) atoms. The average molecular weight is 272 g/mol. The van der Waals surface area contributed by atoms with Crippen molar-refractivity contribution in [2.45, 2.75) is 45.8 Å². The van der Waals surface area contributed by atoms with E-state index in [4.69, 9.17) is 4.74 Å². The molecule has 0 bridgehead atoms. The summed E-state index contributed by atoms with van der Waals surface area (Å²) in [5, 5.41) is 15.9. The molecule has 0 saturated carbocycles. The zero-order chi connectivity index (χ0) is 14.3. The summed E-state index contributed by atoms with van der Waals surface area (Å²) in [7, 11) is 0. The van der Waals surface area contributed by atoms with Crippen molar-refractivity contribution in [3.8, 4) is 0 Å². The van der Waals surface area contributed by atoms with Gasteiger partial charge < -0.3 is 20.5 Å². The summed E-state index contributed by atoms with van der Waals surface area (Å²) < 4.78 is 5.31. The number of rotatable bonds is 7. The third-order valence-electron chi connectivity index (χ3n) is 3.50. The van der Waals surface area contributed by atoms with Gasteiger partial charge in [-0.2, -0.15) is 0 Å². The second-order valence-corrected chi connectivity index (χ2v) is 5.84. The minimum absolute atomic E-state index is 0.227. The average Bonchev–Trinajstić information content (AvgIpc) is 2.42. The molecule has 1 saturated heterocycles. The van der Waals surface area contributed by atoms with Crippen LogP contribution in [0.2, 0.25) is 0 Å². The summed E-state index contributed by atoms with van der Waals surface area (Å²) in [6, 6.07) is -0.227. The Kier molecular flexibility index (Phi) is 7.34. The number of hydrogen-bond acceptors (Lipinski definition) is 4. The molecular weight excluding hydrogens is 244 g/mol. The maximum atomic E-state index is 11.7. The first kappa shape index (κ1) is 16.4. The lowest BCUT2D eigenvalue weighted by Gasteiger charge is -2.26. The predicted molar refractivity (Wildman–Crippen MR) is 74.9 cm³/mol. The number of amides is 1. The highest BCUT2D eigenvalue weighted by molar-refractivity contribution is 5.81. The summed E-state index contributed by atoms with van der Waals surface area (Å²) in [4.78, 5) is 11.7. The zero-order valence-corrected chi connectivity index (χ0v) is 12.3. The zero-order valence-electron chi connectivity index (χ0n) is 12.3. The van der Waals surface area contributed by atoms with Gasteiger partial charge in [0.25, 0.3) is 0 Å². The molecule has 0 aromatic heterocycles. The summed E-state index contributed by atoms with van der Waals surface area (Å²) in [6.07, 6.45) is 1.11. The van der Waals surface area contributed by atoms with E-state index in [9.17, 15) is 9.90 Å². The number of aliphatic hydroxyl groups excluding tert-OH is 1. The standard InChI is InChI=1S/C14H28N2O3/c1-10(2)8-16-14(18)13(17)11(3)15-9-12-4-6-19-7-5-12/h10-13,15,17H,4-9H2,1-3H3,(H,16,18). The Hall–Kier alpha value is -0.650. The van der Waals surface area contributed by atoms with E-state index in [0.29, 0.717) is 18.4 Å². The smallest absolute Gasteiger partial charge is 0.250 e. The molecular formula is C14H28N2O3. The van der Waals surface area contributed by atoms with Crippen molar-refractivity contribution < 1.29 is 14.6 Å². The van der Waals surface area contributed by atoms with E-state index < -0.39 is 6.10 Å². The number of ether oxygens (including phenoxy) is 1. The largest absolute Gasteiger partial charge is 0.382 e. The molecule has 0 aromatic carbocycles. The minimum atomic E-state index is -0.987. The van der Waals surface area contributed by atoms with Crippen molar-refractivity contribution in [2.24, 2.45) is 11.8 Å². The summed E-state index contributed by atoms with van der Waals surface area (Å²) >= 11 is 0. The van der Waals surface area contributed by atoms with Gasteiger partial charge in [0.05, 0.1) is 0 Å². The van der Waals surface area contributed by atoms with Crippen molar-refractivity contribution in [1.29, 1.82) is 0 Å².